The van der Waals surface area contributed by atoms with E-state index in [1.165, 1.54) is 16.7 Å². The summed E-state index contributed by atoms with van der Waals surface area (Å²) in [6.07, 6.45) is 1.68. The summed E-state index contributed by atoms with van der Waals surface area (Å²) in [4.78, 5) is 15.2. The van der Waals surface area contributed by atoms with Crippen molar-refractivity contribution in [2.75, 3.05) is 12.8 Å². The van der Waals surface area contributed by atoms with Crippen LogP contribution < -0.4 is 0 Å². The lowest BCUT2D eigenvalue weighted by Gasteiger charge is -2.35. The van der Waals surface area contributed by atoms with Crippen molar-refractivity contribution in [3.63, 3.8) is 0 Å². The molecule has 1 heterocycles. The monoisotopic (exact) mass is 389 g/mol. The minimum atomic E-state index is -0.928. The normalized spacial score (nSPS) is 17.0. The van der Waals surface area contributed by atoms with Gasteiger partial charge in [-0.2, -0.15) is 0 Å². The van der Waals surface area contributed by atoms with Crippen LogP contribution in [0.25, 0.3) is 0 Å². The van der Waals surface area contributed by atoms with Gasteiger partial charge in [-0.3, -0.25) is 9.00 Å². The first-order chi connectivity index (χ1) is 13.6. The number of rotatable bonds is 4. The Morgan fingerprint density at radius 2 is 1.75 bits per heavy atom. The molecular weight excluding hydrogens is 366 g/mol. The highest BCUT2D eigenvalue weighted by Gasteiger charge is 2.29. The number of nitrogens with zero attached hydrogens (tertiary/aromatic N) is 1. The second kappa shape index (κ2) is 8.11. The Morgan fingerprint density at radius 3 is 2.54 bits per heavy atom. The molecule has 1 amide bonds. The molecular formula is C24H23NO2S. The maximum atomic E-state index is 13.3. The molecule has 0 aromatic heterocycles. The second-order valence-electron chi connectivity index (χ2n) is 7.27. The number of benzene rings is 3. The molecule has 2 unspecified atom stereocenters. The SMILES string of the molecule is CS(=O)Cc1cccc(C(=O)N2Cc3ccccc3C(c3ccccc3)C2)c1. The Kier molecular flexibility index (Phi) is 5.40. The maximum Gasteiger partial charge on any atom is 0.254 e. The first kappa shape index (κ1) is 18.6. The molecule has 3 nitrogen and oxygen atoms in total. The highest BCUT2D eigenvalue weighted by Crippen LogP contribution is 2.34. The van der Waals surface area contributed by atoms with Crippen molar-refractivity contribution in [3.05, 3.63) is 107 Å². The zero-order valence-corrected chi connectivity index (χ0v) is 16.7. The molecule has 0 radical (unpaired) electrons. The van der Waals surface area contributed by atoms with Crippen molar-refractivity contribution in [1.29, 1.82) is 0 Å². The van der Waals surface area contributed by atoms with Crippen LogP contribution in [-0.2, 0) is 23.1 Å². The number of fused-ring (bicyclic) bond motifs is 1. The van der Waals surface area contributed by atoms with Gasteiger partial charge in [0, 0.05) is 47.4 Å². The van der Waals surface area contributed by atoms with E-state index in [4.69, 9.17) is 0 Å². The zero-order valence-electron chi connectivity index (χ0n) is 15.9. The lowest BCUT2D eigenvalue weighted by Crippen LogP contribution is -2.38. The van der Waals surface area contributed by atoms with Gasteiger partial charge in [-0.15, -0.1) is 0 Å². The average molecular weight is 390 g/mol. The van der Waals surface area contributed by atoms with E-state index < -0.39 is 10.8 Å². The van der Waals surface area contributed by atoms with E-state index in [-0.39, 0.29) is 11.8 Å². The molecule has 3 aromatic rings. The van der Waals surface area contributed by atoms with E-state index in [0.29, 0.717) is 24.4 Å². The van der Waals surface area contributed by atoms with Gasteiger partial charge in [0.15, 0.2) is 0 Å². The van der Waals surface area contributed by atoms with Gasteiger partial charge in [-0.05, 0) is 34.4 Å². The van der Waals surface area contributed by atoms with Crippen LogP contribution in [-0.4, -0.2) is 27.8 Å². The third kappa shape index (κ3) is 3.92. The maximum absolute atomic E-state index is 13.3. The lowest BCUT2D eigenvalue weighted by atomic mass is 9.84. The third-order valence-electron chi connectivity index (χ3n) is 5.23. The van der Waals surface area contributed by atoms with Crippen LogP contribution in [0.3, 0.4) is 0 Å². The van der Waals surface area contributed by atoms with Crippen LogP contribution in [0.4, 0.5) is 0 Å². The Labute approximate surface area is 168 Å². The molecule has 4 rings (SSSR count). The molecule has 2 atom stereocenters. The quantitative estimate of drug-likeness (QED) is 0.665. The molecule has 4 heteroatoms. The fraction of sp³-hybridized carbons (Fsp3) is 0.208. The summed E-state index contributed by atoms with van der Waals surface area (Å²) in [6, 6.07) is 26.3. The van der Waals surface area contributed by atoms with E-state index >= 15 is 0 Å². The summed E-state index contributed by atoms with van der Waals surface area (Å²) in [6.45, 7) is 1.27. The van der Waals surface area contributed by atoms with Gasteiger partial charge < -0.3 is 4.90 Å². The van der Waals surface area contributed by atoms with Gasteiger partial charge in [-0.25, -0.2) is 0 Å². The van der Waals surface area contributed by atoms with Gasteiger partial charge in [-0.1, -0.05) is 66.7 Å². The molecule has 0 fully saturated rings. The van der Waals surface area contributed by atoms with Crippen LogP contribution in [0, 0.1) is 0 Å². The van der Waals surface area contributed by atoms with Gasteiger partial charge in [0.25, 0.3) is 5.91 Å². The second-order valence-corrected chi connectivity index (χ2v) is 8.70. The van der Waals surface area contributed by atoms with Crippen molar-refractivity contribution in [2.24, 2.45) is 0 Å². The highest BCUT2D eigenvalue weighted by atomic mass is 32.2. The smallest absolute Gasteiger partial charge is 0.254 e. The Balaban J connectivity index is 1.66. The molecule has 28 heavy (non-hydrogen) atoms. The number of amides is 1. The molecule has 0 bridgehead atoms. The van der Waals surface area contributed by atoms with E-state index in [9.17, 15) is 9.00 Å². The van der Waals surface area contributed by atoms with Gasteiger partial charge in [0.05, 0.1) is 0 Å². The number of hydrogen-bond acceptors (Lipinski definition) is 2. The van der Waals surface area contributed by atoms with Gasteiger partial charge in [0.1, 0.15) is 0 Å². The van der Waals surface area contributed by atoms with Crippen molar-refractivity contribution in [2.45, 2.75) is 18.2 Å². The summed E-state index contributed by atoms with van der Waals surface area (Å²) in [7, 11) is -0.928. The predicted molar refractivity (Wildman–Crippen MR) is 114 cm³/mol. The highest BCUT2D eigenvalue weighted by molar-refractivity contribution is 7.83. The minimum Gasteiger partial charge on any atom is -0.333 e. The lowest BCUT2D eigenvalue weighted by molar-refractivity contribution is 0.0725. The summed E-state index contributed by atoms with van der Waals surface area (Å²) in [5.74, 6) is 0.664. The molecule has 1 aliphatic rings. The minimum absolute atomic E-state index is 0.0270. The molecule has 1 aliphatic heterocycles. The van der Waals surface area contributed by atoms with Crippen molar-refractivity contribution >= 4 is 16.7 Å². The Hall–Kier alpha value is -2.72. The zero-order chi connectivity index (χ0) is 19.5. The van der Waals surface area contributed by atoms with Crippen molar-refractivity contribution in [1.82, 2.24) is 4.90 Å². The Morgan fingerprint density at radius 1 is 1.00 bits per heavy atom. The van der Waals surface area contributed by atoms with Crippen LogP contribution in [0.5, 0.6) is 0 Å². The Bertz CT molecular complexity index is 1020. The first-order valence-corrected chi connectivity index (χ1v) is 11.2. The average Bonchev–Trinajstić information content (AvgIpc) is 2.73. The van der Waals surface area contributed by atoms with Gasteiger partial charge >= 0.3 is 0 Å². The summed E-state index contributed by atoms with van der Waals surface area (Å²) >= 11 is 0. The topological polar surface area (TPSA) is 37.4 Å². The van der Waals surface area contributed by atoms with Crippen LogP contribution >= 0.6 is 0 Å². The number of carbonyl (C=O) groups is 1. The van der Waals surface area contributed by atoms with Crippen LogP contribution in [0.1, 0.15) is 38.5 Å². The fourth-order valence-electron chi connectivity index (χ4n) is 3.94. The first-order valence-electron chi connectivity index (χ1n) is 9.43. The molecule has 0 spiro atoms. The van der Waals surface area contributed by atoms with E-state index in [1.54, 1.807) is 6.26 Å². The standard InChI is InChI=1S/C24H23NO2S/c1-28(27)17-18-8-7-12-20(14-18)24(26)25-15-21-11-5-6-13-22(21)23(16-25)19-9-3-2-4-10-19/h2-14,23H,15-17H2,1H3. The molecule has 0 saturated carbocycles. The van der Waals surface area contributed by atoms with Gasteiger partial charge in [0.2, 0.25) is 0 Å². The molecule has 3 aromatic carbocycles. The van der Waals surface area contributed by atoms with E-state index in [2.05, 4.69) is 30.3 Å². The summed E-state index contributed by atoms with van der Waals surface area (Å²) < 4.78 is 11.5. The summed E-state index contributed by atoms with van der Waals surface area (Å²) in [5, 5.41) is 0. The van der Waals surface area contributed by atoms with E-state index in [1.807, 2.05) is 53.4 Å². The third-order valence-corrected chi connectivity index (χ3v) is 5.97. The summed E-state index contributed by atoms with van der Waals surface area (Å²) in [5.41, 5.74) is 5.31. The molecule has 0 saturated heterocycles. The van der Waals surface area contributed by atoms with E-state index in [0.717, 1.165) is 5.56 Å². The molecule has 142 valence electrons. The number of hydrogen-bond donors (Lipinski definition) is 0. The van der Waals surface area contributed by atoms with Crippen molar-refractivity contribution in [3.8, 4) is 0 Å². The fourth-order valence-corrected chi connectivity index (χ4v) is 4.59. The van der Waals surface area contributed by atoms with Crippen LogP contribution in [0.2, 0.25) is 0 Å². The molecule has 0 N–H and O–H groups in total. The van der Waals surface area contributed by atoms with Crippen molar-refractivity contribution < 1.29 is 9.00 Å². The molecule has 0 aliphatic carbocycles. The number of carbonyl (C=O) groups excluding carboxylic acids is 1. The largest absolute Gasteiger partial charge is 0.333 e. The van der Waals surface area contributed by atoms with Crippen LogP contribution in [0.15, 0.2) is 78.9 Å². The predicted octanol–water partition coefficient (Wildman–Crippen LogP) is 4.35.